The van der Waals surface area contributed by atoms with Crippen LogP contribution in [0.15, 0.2) is 47.8 Å². The first-order valence-corrected chi connectivity index (χ1v) is 9.73. The number of rotatable bonds is 9. The summed E-state index contributed by atoms with van der Waals surface area (Å²) in [6, 6.07) is 11.5. The first kappa shape index (κ1) is 23.0. The molecule has 0 fully saturated rings. The van der Waals surface area contributed by atoms with Gasteiger partial charge in [-0.3, -0.25) is 0 Å². The Hall–Kier alpha value is -3.28. The molecule has 0 saturated carbocycles. The Morgan fingerprint density at radius 1 is 1.07 bits per heavy atom. The van der Waals surface area contributed by atoms with Crippen LogP contribution >= 0.6 is 0 Å². The predicted octanol–water partition coefficient (Wildman–Crippen LogP) is 4.80. The lowest BCUT2D eigenvalue weighted by atomic mass is 10.0. The van der Waals surface area contributed by atoms with Crippen LogP contribution in [0.25, 0.3) is 5.57 Å². The van der Waals surface area contributed by atoms with Crippen molar-refractivity contribution < 1.29 is 23.8 Å². The Bertz CT molecular complexity index is 947. The number of carbonyl (C=O) groups is 1. The zero-order chi connectivity index (χ0) is 22.1. The van der Waals surface area contributed by atoms with Crippen molar-refractivity contribution in [1.82, 2.24) is 0 Å². The van der Waals surface area contributed by atoms with Gasteiger partial charge in [-0.2, -0.15) is 0 Å². The molecule has 0 saturated heterocycles. The van der Waals surface area contributed by atoms with Gasteiger partial charge in [0, 0.05) is 5.56 Å². The quantitative estimate of drug-likeness (QED) is 0.195. The van der Waals surface area contributed by atoms with Gasteiger partial charge in [-0.25, -0.2) is 4.79 Å². The predicted molar refractivity (Wildman–Crippen MR) is 118 cm³/mol. The van der Waals surface area contributed by atoms with Crippen molar-refractivity contribution in [2.75, 3.05) is 20.8 Å². The van der Waals surface area contributed by atoms with Crippen molar-refractivity contribution in [3.8, 4) is 5.75 Å². The standard InChI is InChI=1S/C24H29NO5/c1-7-30-25-18(4)21-12-17(3)23(13-16(21)2)29-14-19-10-8-9-11-20(19)22(15-27-5)24(26)28-6/h8-13,15H,7,14H2,1-6H3/b22-15+,25-18+. The maximum atomic E-state index is 12.2. The fraction of sp³-hybridized carbons (Fsp3) is 0.333. The number of nitrogens with zero attached hydrogens (tertiary/aromatic N) is 1. The van der Waals surface area contributed by atoms with Crippen molar-refractivity contribution in [3.63, 3.8) is 0 Å². The number of methoxy groups -OCH3 is 2. The molecular formula is C24H29NO5. The summed E-state index contributed by atoms with van der Waals surface area (Å²) in [5, 5.41) is 4.13. The fourth-order valence-corrected chi connectivity index (χ4v) is 3.06. The number of benzene rings is 2. The first-order valence-electron chi connectivity index (χ1n) is 9.73. The van der Waals surface area contributed by atoms with Crippen LogP contribution in [0, 0.1) is 13.8 Å². The Morgan fingerprint density at radius 2 is 1.80 bits per heavy atom. The van der Waals surface area contributed by atoms with Gasteiger partial charge in [0.15, 0.2) is 0 Å². The number of hydrogen-bond acceptors (Lipinski definition) is 6. The molecule has 0 aliphatic rings. The molecule has 0 bridgehead atoms. The van der Waals surface area contributed by atoms with Gasteiger partial charge in [-0.05, 0) is 62.1 Å². The normalized spacial score (nSPS) is 11.8. The highest BCUT2D eigenvalue weighted by Gasteiger charge is 2.17. The SMILES string of the molecule is CCO/N=C(\C)c1cc(C)c(OCc2ccccc2/C(=C\OC)C(=O)OC)cc1C. The molecule has 0 unspecified atom stereocenters. The summed E-state index contributed by atoms with van der Waals surface area (Å²) in [5.74, 6) is 0.301. The zero-order valence-electron chi connectivity index (χ0n) is 18.4. The van der Waals surface area contributed by atoms with E-state index in [9.17, 15) is 4.79 Å². The van der Waals surface area contributed by atoms with Gasteiger partial charge in [-0.1, -0.05) is 29.4 Å². The second-order valence-electron chi connectivity index (χ2n) is 6.73. The second kappa shape index (κ2) is 11.0. The van der Waals surface area contributed by atoms with Gasteiger partial charge >= 0.3 is 5.97 Å². The molecule has 0 atom stereocenters. The molecule has 30 heavy (non-hydrogen) atoms. The van der Waals surface area contributed by atoms with Crippen LogP contribution in [-0.4, -0.2) is 32.5 Å². The minimum absolute atomic E-state index is 0.292. The van der Waals surface area contributed by atoms with E-state index in [1.54, 1.807) is 0 Å². The number of esters is 1. The van der Waals surface area contributed by atoms with E-state index in [0.29, 0.717) is 24.4 Å². The van der Waals surface area contributed by atoms with Crippen LogP contribution in [0.5, 0.6) is 5.75 Å². The van der Waals surface area contributed by atoms with Gasteiger partial charge in [0.25, 0.3) is 0 Å². The maximum absolute atomic E-state index is 12.2. The topological polar surface area (TPSA) is 66.3 Å². The molecule has 2 rings (SSSR count). The number of hydrogen-bond donors (Lipinski definition) is 0. The molecular weight excluding hydrogens is 382 g/mol. The van der Waals surface area contributed by atoms with E-state index in [0.717, 1.165) is 33.7 Å². The second-order valence-corrected chi connectivity index (χ2v) is 6.73. The molecule has 0 aliphatic heterocycles. The molecule has 160 valence electrons. The summed E-state index contributed by atoms with van der Waals surface area (Å²) in [7, 11) is 2.84. The van der Waals surface area contributed by atoms with Crippen LogP contribution in [0.2, 0.25) is 0 Å². The molecule has 0 amide bonds. The summed E-state index contributed by atoms with van der Waals surface area (Å²) in [5.41, 5.74) is 5.76. The largest absolute Gasteiger partial charge is 0.503 e. The monoisotopic (exact) mass is 411 g/mol. The summed E-state index contributed by atoms with van der Waals surface area (Å²) in [6.45, 7) is 8.64. The van der Waals surface area contributed by atoms with Crippen LogP contribution in [-0.2, 0) is 25.7 Å². The van der Waals surface area contributed by atoms with Crippen LogP contribution in [0.3, 0.4) is 0 Å². The van der Waals surface area contributed by atoms with Crippen molar-refractivity contribution in [2.45, 2.75) is 34.3 Å². The molecule has 6 nitrogen and oxygen atoms in total. The number of aryl methyl sites for hydroxylation is 2. The average molecular weight is 411 g/mol. The lowest BCUT2D eigenvalue weighted by Crippen LogP contribution is -2.09. The molecule has 0 N–H and O–H groups in total. The smallest absolute Gasteiger partial charge is 0.341 e. The van der Waals surface area contributed by atoms with Gasteiger partial charge in [0.2, 0.25) is 0 Å². The summed E-state index contributed by atoms with van der Waals surface area (Å²) in [6.07, 6.45) is 1.38. The minimum atomic E-state index is -0.468. The molecule has 2 aromatic carbocycles. The molecule has 6 heteroatoms. The summed E-state index contributed by atoms with van der Waals surface area (Å²) in [4.78, 5) is 17.3. The fourth-order valence-electron chi connectivity index (χ4n) is 3.06. The number of oxime groups is 1. The van der Waals surface area contributed by atoms with Gasteiger partial charge in [-0.15, -0.1) is 0 Å². The third-order valence-electron chi connectivity index (χ3n) is 4.57. The van der Waals surface area contributed by atoms with E-state index in [-0.39, 0.29) is 0 Å². The molecule has 2 aromatic rings. The van der Waals surface area contributed by atoms with E-state index in [1.807, 2.05) is 64.1 Å². The summed E-state index contributed by atoms with van der Waals surface area (Å²) < 4.78 is 16.1. The molecule has 0 aliphatic carbocycles. The van der Waals surface area contributed by atoms with Gasteiger partial charge in [0.05, 0.1) is 26.2 Å². The van der Waals surface area contributed by atoms with Crippen molar-refractivity contribution in [2.24, 2.45) is 5.16 Å². The van der Waals surface area contributed by atoms with Crippen molar-refractivity contribution >= 4 is 17.3 Å². The Kier molecular flexibility index (Phi) is 8.47. The highest BCUT2D eigenvalue weighted by molar-refractivity contribution is 6.16. The van der Waals surface area contributed by atoms with Crippen LogP contribution in [0.4, 0.5) is 0 Å². The first-order chi connectivity index (χ1) is 14.4. The molecule has 0 radical (unpaired) electrons. The highest BCUT2D eigenvalue weighted by Crippen LogP contribution is 2.27. The van der Waals surface area contributed by atoms with Crippen LogP contribution < -0.4 is 4.74 Å². The van der Waals surface area contributed by atoms with E-state index in [4.69, 9.17) is 19.0 Å². The van der Waals surface area contributed by atoms with Gasteiger partial charge < -0.3 is 19.0 Å². The van der Waals surface area contributed by atoms with Crippen molar-refractivity contribution in [3.05, 3.63) is 70.5 Å². The van der Waals surface area contributed by atoms with E-state index < -0.39 is 5.97 Å². The van der Waals surface area contributed by atoms with Crippen molar-refractivity contribution in [1.29, 1.82) is 0 Å². The van der Waals surface area contributed by atoms with Crippen LogP contribution in [0.1, 0.15) is 41.7 Å². The minimum Gasteiger partial charge on any atom is -0.503 e. The number of carbonyl (C=O) groups excluding carboxylic acids is 1. The van der Waals surface area contributed by atoms with E-state index in [2.05, 4.69) is 5.16 Å². The lowest BCUT2D eigenvalue weighted by molar-refractivity contribution is -0.133. The van der Waals surface area contributed by atoms with Gasteiger partial charge in [0.1, 0.15) is 24.5 Å². The van der Waals surface area contributed by atoms with E-state index in [1.165, 1.54) is 20.5 Å². The molecule has 0 spiro atoms. The third kappa shape index (κ3) is 5.63. The van der Waals surface area contributed by atoms with E-state index >= 15 is 0 Å². The molecule has 0 heterocycles. The highest BCUT2D eigenvalue weighted by atomic mass is 16.6. The Balaban J connectivity index is 2.29. The Labute approximate surface area is 178 Å². The Morgan fingerprint density at radius 3 is 2.47 bits per heavy atom. The average Bonchev–Trinajstić information content (AvgIpc) is 2.75. The third-order valence-corrected chi connectivity index (χ3v) is 4.57. The number of ether oxygens (including phenoxy) is 3. The lowest BCUT2D eigenvalue weighted by Gasteiger charge is -2.16. The zero-order valence-corrected chi connectivity index (χ0v) is 18.4. The molecule has 0 aromatic heterocycles. The summed E-state index contributed by atoms with van der Waals surface area (Å²) >= 11 is 0. The maximum Gasteiger partial charge on any atom is 0.341 e.